The largest absolute Gasteiger partial charge is 0.307 e. The number of hydrogen-bond donors (Lipinski definition) is 1. The summed E-state index contributed by atoms with van der Waals surface area (Å²) < 4.78 is 0. The second kappa shape index (κ2) is 4.67. The molecular weight excluding hydrogens is 98.1 g/mol. The van der Waals surface area contributed by atoms with Crippen LogP contribution in [0.2, 0.25) is 0 Å². The van der Waals surface area contributed by atoms with E-state index in [9.17, 15) is 0 Å². The van der Waals surface area contributed by atoms with Crippen LogP contribution in [0.4, 0.5) is 0 Å². The van der Waals surface area contributed by atoms with Crippen molar-refractivity contribution in [3.63, 3.8) is 0 Å². The summed E-state index contributed by atoms with van der Waals surface area (Å²) >= 11 is 0. The number of hydrogen-bond acceptors (Lipinski definition) is 1. The Kier molecular flexibility index (Phi) is 4.39. The van der Waals surface area contributed by atoms with Crippen molar-refractivity contribution in [3.05, 3.63) is 0 Å². The smallest absolute Gasteiger partial charge is 0.0658 e. The number of rotatable bonds is 1. The molecule has 0 radical (unpaired) electrons. The minimum Gasteiger partial charge on any atom is -0.307 e. The highest BCUT2D eigenvalue weighted by Crippen LogP contribution is 1.74. The van der Waals surface area contributed by atoms with Crippen molar-refractivity contribution in [2.45, 2.75) is 26.3 Å². The summed E-state index contributed by atoms with van der Waals surface area (Å²) in [4.78, 5) is 0. The van der Waals surface area contributed by atoms with E-state index in [-0.39, 0.29) is 0 Å². The molecule has 1 N–H and O–H groups in total. The maximum atomic E-state index is 3.03. The molecule has 0 aliphatic heterocycles. The highest BCUT2D eigenvalue weighted by atomic mass is 14.8. The quantitative estimate of drug-likeness (QED) is 0.498. The highest BCUT2D eigenvalue weighted by Gasteiger charge is 1.84. The Hall–Kier alpha value is -0.480. The fraction of sp³-hybridized carbons (Fsp3) is 0.714. The van der Waals surface area contributed by atoms with Crippen LogP contribution in [0.15, 0.2) is 0 Å². The molecule has 0 unspecified atom stereocenters. The third kappa shape index (κ3) is 3.70. The summed E-state index contributed by atoms with van der Waals surface area (Å²) in [5, 5.41) is 3.03. The van der Waals surface area contributed by atoms with E-state index in [1.54, 1.807) is 0 Å². The van der Waals surface area contributed by atoms with Gasteiger partial charge in [-0.1, -0.05) is 12.8 Å². The Morgan fingerprint density at radius 3 is 2.62 bits per heavy atom. The Morgan fingerprint density at radius 1 is 1.62 bits per heavy atom. The van der Waals surface area contributed by atoms with E-state index in [1.165, 1.54) is 0 Å². The molecule has 46 valence electrons. The molecule has 0 spiro atoms. The fourth-order valence-corrected chi connectivity index (χ4v) is 0.327. The fourth-order valence-electron chi connectivity index (χ4n) is 0.327. The predicted octanol–water partition coefficient (Wildman–Crippen LogP) is 1.01. The lowest BCUT2D eigenvalue weighted by Crippen LogP contribution is -2.18. The van der Waals surface area contributed by atoms with Crippen molar-refractivity contribution in [2.75, 3.05) is 7.05 Å². The highest BCUT2D eigenvalue weighted by molar-refractivity contribution is 5.04. The average molecular weight is 111 g/mol. The third-order valence-corrected chi connectivity index (χ3v) is 0.928. The molecule has 1 nitrogen and oxygen atoms in total. The maximum Gasteiger partial charge on any atom is 0.0658 e. The Balaban J connectivity index is 3.35. The van der Waals surface area contributed by atoms with Gasteiger partial charge in [-0.25, -0.2) is 0 Å². The molecule has 0 saturated heterocycles. The SMILES string of the molecule is CCC#C[C@@H](C)NC. The molecule has 0 saturated carbocycles. The first-order chi connectivity index (χ1) is 3.81. The molecule has 0 amide bonds. The lowest BCUT2D eigenvalue weighted by molar-refractivity contribution is 0.749. The van der Waals surface area contributed by atoms with Crippen LogP contribution in [0.5, 0.6) is 0 Å². The molecule has 0 bridgehead atoms. The number of nitrogens with one attached hydrogen (secondary N) is 1. The van der Waals surface area contributed by atoms with Crippen LogP contribution in [0.25, 0.3) is 0 Å². The van der Waals surface area contributed by atoms with E-state index in [4.69, 9.17) is 0 Å². The predicted molar refractivity (Wildman–Crippen MR) is 36.6 cm³/mol. The third-order valence-electron chi connectivity index (χ3n) is 0.928. The van der Waals surface area contributed by atoms with Crippen molar-refractivity contribution < 1.29 is 0 Å². The van der Waals surface area contributed by atoms with Gasteiger partial charge in [-0.3, -0.25) is 0 Å². The zero-order valence-corrected chi connectivity index (χ0v) is 5.78. The van der Waals surface area contributed by atoms with Crippen molar-refractivity contribution in [1.82, 2.24) is 5.32 Å². The Morgan fingerprint density at radius 2 is 2.25 bits per heavy atom. The standard InChI is InChI=1S/C7H13N/c1-4-5-6-7(2)8-3/h7-8H,4H2,1-3H3/t7-/m1/s1. The van der Waals surface area contributed by atoms with E-state index < -0.39 is 0 Å². The zero-order chi connectivity index (χ0) is 6.41. The monoisotopic (exact) mass is 111 g/mol. The summed E-state index contributed by atoms with van der Waals surface area (Å²) in [6, 6.07) is 0.343. The molecule has 0 aromatic heterocycles. The van der Waals surface area contributed by atoms with Crippen LogP contribution in [-0.4, -0.2) is 13.1 Å². The first kappa shape index (κ1) is 7.52. The molecule has 0 aliphatic rings. The molecule has 0 aliphatic carbocycles. The van der Waals surface area contributed by atoms with Gasteiger partial charge in [-0.2, -0.15) is 0 Å². The molecule has 1 atom stereocenters. The zero-order valence-electron chi connectivity index (χ0n) is 5.78. The van der Waals surface area contributed by atoms with Gasteiger partial charge in [0.1, 0.15) is 0 Å². The second-order valence-corrected chi connectivity index (χ2v) is 1.69. The molecule has 0 heterocycles. The van der Waals surface area contributed by atoms with Gasteiger partial charge in [0.05, 0.1) is 6.04 Å². The van der Waals surface area contributed by atoms with Crippen LogP contribution >= 0.6 is 0 Å². The first-order valence-electron chi connectivity index (χ1n) is 2.97. The van der Waals surface area contributed by atoms with Gasteiger partial charge in [0, 0.05) is 6.42 Å². The van der Waals surface area contributed by atoms with E-state index in [1.807, 2.05) is 14.0 Å². The van der Waals surface area contributed by atoms with E-state index in [2.05, 4.69) is 24.1 Å². The van der Waals surface area contributed by atoms with E-state index in [0.717, 1.165) is 6.42 Å². The maximum absolute atomic E-state index is 3.03. The van der Waals surface area contributed by atoms with Crippen molar-refractivity contribution >= 4 is 0 Å². The van der Waals surface area contributed by atoms with Gasteiger partial charge in [-0.05, 0) is 14.0 Å². The second-order valence-electron chi connectivity index (χ2n) is 1.69. The minimum absolute atomic E-state index is 0.343. The molecule has 0 rings (SSSR count). The van der Waals surface area contributed by atoms with Gasteiger partial charge in [0.2, 0.25) is 0 Å². The molecule has 0 fully saturated rings. The van der Waals surface area contributed by atoms with Crippen molar-refractivity contribution in [1.29, 1.82) is 0 Å². The topological polar surface area (TPSA) is 12.0 Å². The van der Waals surface area contributed by atoms with Crippen LogP contribution in [0.3, 0.4) is 0 Å². The summed E-state index contributed by atoms with van der Waals surface area (Å²) in [7, 11) is 1.91. The summed E-state index contributed by atoms with van der Waals surface area (Å²) in [5.41, 5.74) is 0. The summed E-state index contributed by atoms with van der Waals surface area (Å²) in [5.74, 6) is 6.01. The molecule has 1 heteroatoms. The average Bonchev–Trinajstić information content (AvgIpc) is 1.83. The van der Waals surface area contributed by atoms with Gasteiger partial charge in [-0.15, -0.1) is 5.92 Å². The molecule has 0 aromatic rings. The molecule has 8 heavy (non-hydrogen) atoms. The summed E-state index contributed by atoms with van der Waals surface area (Å²) in [6.07, 6.45) is 0.950. The lowest BCUT2D eigenvalue weighted by Gasteiger charge is -1.96. The van der Waals surface area contributed by atoms with Crippen LogP contribution in [0, 0.1) is 11.8 Å². The Bertz CT molecular complexity index is 96.7. The van der Waals surface area contributed by atoms with Gasteiger partial charge >= 0.3 is 0 Å². The Labute approximate surface area is 51.5 Å². The van der Waals surface area contributed by atoms with E-state index in [0.29, 0.717) is 6.04 Å². The minimum atomic E-state index is 0.343. The van der Waals surface area contributed by atoms with Crippen LogP contribution in [0.1, 0.15) is 20.3 Å². The molecular formula is C7H13N. The van der Waals surface area contributed by atoms with Gasteiger partial charge < -0.3 is 5.32 Å². The van der Waals surface area contributed by atoms with Crippen LogP contribution < -0.4 is 5.32 Å². The van der Waals surface area contributed by atoms with Crippen molar-refractivity contribution in [2.24, 2.45) is 0 Å². The lowest BCUT2D eigenvalue weighted by atomic mass is 10.3. The van der Waals surface area contributed by atoms with Gasteiger partial charge in [0.15, 0.2) is 0 Å². The van der Waals surface area contributed by atoms with Crippen LogP contribution in [-0.2, 0) is 0 Å². The van der Waals surface area contributed by atoms with E-state index >= 15 is 0 Å². The summed E-state index contributed by atoms with van der Waals surface area (Å²) in [6.45, 7) is 4.10. The normalized spacial score (nSPS) is 11.9. The van der Waals surface area contributed by atoms with Crippen molar-refractivity contribution in [3.8, 4) is 11.8 Å². The van der Waals surface area contributed by atoms with Gasteiger partial charge in [0.25, 0.3) is 0 Å². The molecule has 0 aromatic carbocycles. The first-order valence-corrected chi connectivity index (χ1v) is 2.97.